The molecule has 56 valence electrons. The van der Waals surface area contributed by atoms with Gasteiger partial charge in [0.05, 0.1) is 0 Å². The summed E-state index contributed by atoms with van der Waals surface area (Å²) in [5.41, 5.74) is 1.08. The lowest BCUT2D eigenvalue weighted by molar-refractivity contribution is 0.438. The monoisotopic (exact) mass is 140 g/mol. The number of aromatic hydroxyl groups is 1. The molecule has 1 rings (SSSR count). The number of aryl methyl sites for hydroxylation is 2. The van der Waals surface area contributed by atoms with Crippen LogP contribution in [0.15, 0.2) is 6.07 Å². The highest BCUT2D eigenvalue weighted by Gasteiger charge is 2.01. The molecular formula is C7H12N2O. The molecule has 3 nitrogen and oxygen atoms in total. The van der Waals surface area contributed by atoms with Crippen LogP contribution in [0.4, 0.5) is 0 Å². The zero-order chi connectivity index (χ0) is 7.56. The fourth-order valence-electron chi connectivity index (χ4n) is 0.999. The second-order valence-electron chi connectivity index (χ2n) is 2.16. The zero-order valence-corrected chi connectivity index (χ0v) is 6.33. The molecule has 0 amide bonds. The van der Waals surface area contributed by atoms with Crippen LogP contribution in [0, 0.1) is 0 Å². The minimum atomic E-state index is 0.124. The van der Waals surface area contributed by atoms with Crippen LogP contribution >= 0.6 is 0 Å². The van der Waals surface area contributed by atoms with Crippen LogP contribution in [0.3, 0.4) is 0 Å². The first-order valence-electron chi connectivity index (χ1n) is 3.53. The van der Waals surface area contributed by atoms with Gasteiger partial charge < -0.3 is 5.11 Å². The molecule has 0 bridgehead atoms. The summed E-state index contributed by atoms with van der Waals surface area (Å²) < 4.78 is 1.80. The van der Waals surface area contributed by atoms with Crippen LogP contribution in [0.2, 0.25) is 0 Å². The first-order chi connectivity index (χ1) is 4.77. The number of nitrogens with zero attached hydrogens (tertiary/aromatic N) is 2. The standard InChI is InChI=1S/C7H12N2O/c1-3-6-5-7(10)8-9(6)4-2/h5H,3-4H2,1-2H3,(H,8,10). The minimum Gasteiger partial charge on any atom is -0.492 e. The number of hydrogen-bond acceptors (Lipinski definition) is 2. The maximum absolute atomic E-state index is 8.96. The van der Waals surface area contributed by atoms with E-state index >= 15 is 0 Å². The third-order valence-electron chi connectivity index (χ3n) is 1.51. The van der Waals surface area contributed by atoms with Crippen molar-refractivity contribution < 1.29 is 5.11 Å². The highest BCUT2D eigenvalue weighted by Crippen LogP contribution is 2.09. The SMILES string of the molecule is CCc1cc(O)nn1CC. The highest BCUT2D eigenvalue weighted by molar-refractivity contribution is 5.13. The Bertz CT molecular complexity index is 196. The number of rotatable bonds is 2. The molecule has 0 aliphatic rings. The molecule has 1 N–H and O–H groups in total. The van der Waals surface area contributed by atoms with E-state index in [1.165, 1.54) is 0 Å². The molecule has 1 aromatic rings. The van der Waals surface area contributed by atoms with Gasteiger partial charge in [0.2, 0.25) is 5.88 Å². The lowest BCUT2D eigenvalue weighted by Crippen LogP contribution is -2.00. The largest absolute Gasteiger partial charge is 0.492 e. The van der Waals surface area contributed by atoms with Crippen LogP contribution in [-0.2, 0) is 13.0 Å². The maximum Gasteiger partial charge on any atom is 0.230 e. The highest BCUT2D eigenvalue weighted by atomic mass is 16.3. The van der Waals surface area contributed by atoms with E-state index in [0.717, 1.165) is 18.7 Å². The normalized spacial score (nSPS) is 10.2. The van der Waals surface area contributed by atoms with Crippen molar-refractivity contribution in [2.45, 2.75) is 26.8 Å². The molecule has 0 aromatic carbocycles. The Morgan fingerprint density at radius 1 is 1.60 bits per heavy atom. The van der Waals surface area contributed by atoms with Crippen molar-refractivity contribution >= 4 is 0 Å². The molecule has 0 aliphatic heterocycles. The molecule has 3 heteroatoms. The van der Waals surface area contributed by atoms with E-state index in [9.17, 15) is 0 Å². The fourth-order valence-corrected chi connectivity index (χ4v) is 0.999. The van der Waals surface area contributed by atoms with Gasteiger partial charge in [0.15, 0.2) is 0 Å². The zero-order valence-electron chi connectivity index (χ0n) is 6.33. The number of aromatic nitrogens is 2. The Morgan fingerprint density at radius 3 is 2.70 bits per heavy atom. The second-order valence-corrected chi connectivity index (χ2v) is 2.16. The summed E-state index contributed by atoms with van der Waals surface area (Å²) in [6.07, 6.45) is 0.918. The lowest BCUT2D eigenvalue weighted by Gasteiger charge is -1.98. The quantitative estimate of drug-likeness (QED) is 0.669. The van der Waals surface area contributed by atoms with Crippen LogP contribution in [0.5, 0.6) is 5.88 Å². The van der Waals surface area contributed by atoms with Crippen molar-refractivity contribution in [2.75, 3.05) is 0 Å². The van der Waals surface area contributed by atoms with Crippen molar-refractivity contribution in [1.82, 2.24) is 9.78 Å². The van der Waals surface area contributed by atoms with Gasteiger partial charge in [-0.15, -0.1) is 5.10 Å². The molecule has 0 saturated heterocycles. The van der Waals surface area contributed by atoms with E-state index in [-0.39, 0.29) is 5.88 Å². The van der Waals surface area contributed by atoms with Gasteiger partial charge in [0, 0.05) is 18.3 Å². The van der Waals surface area contributed by atoms with Gasteiger partial charge in [-0.2, -0.15) is 0 Å². The first-order valence-corrected chi connectivity index (χ1v) is 3.53. The van der Waals surface area contributed by atoms with Crippen molar-refractivity contribution in [3.05, 3.63) is 11.8 Å². The van der Waals surface area contributed by atoms with Gasteiger partial charge in [0.25, 0.3) is 0 Å². The molecule has 1 heterocycles. The first kappa shape index (κ1) is 7.12. The third kappa shape index (κ3) is 1.12. The summed E-state index contributed by atoms with van der Waals surface area (Å²) in [5.74, 6) is 0.124. The Hall–Kier alpha value is -0.990. The molecule has 0 spiro atoms. The van der Waals surface area contributed by atoms with Gasteiger partial charge in [-0.25, -0.2) is 0 Å². The summed E-state index contributed by atoms with van der Waals surface area (Å²) >= 11 is 0. The van der Waals surface area contributed by atoms with E-state index in [2.05, 4.69) is 5.10 Å². The van der Waals surface area contributed by atoms with E-state index in [4.69, 9.17) is 5.11 Å². The second kappa shape index (κ2) is 2.73. The Kier molecular flexibility index (Phi) is 1.94. The average Bonchev–Trinajstić information content (AvgIpc) is 2.30. The predicted molar refractivity (Wildman–Crippen MR) is 38.9 cm³/mol. The summed E-state index contributed by atoms with van der Waals surface area (Å²) in [6.45, 7) is 4.87. The van der Waals surface area contributed by atoms with Crippen molar-refractivity contribution in [3.63, 3.8) is 0 Å². The summed E-state index contributed by atoms with van der Waals surface area (Å²) in [6, 6.07) is 1.70. The molecule has 0 atom stereocenters. The topological polar surface area (TPSA) is 38.1 Å². The third-order valence-corrected chi connectivity index (χ3v) is 1.51. The Labute approximate surface area is 60.3 Å². The molecule has 0 unspecified atom stereocenters. The fraction of sp³-hybridized carbons (Fsp3) is 0.571. The van der Waals surface area contributed by atoms with Gasteiger partial charge in [-0.1, -0.05) is 6.92 Å². The Balaban J connectivity index is 2.96. The summed E-state index contributed by atoms with van der Waals surface area (Å²) in [7, 11) is 0. The van der Waals surface area contributed by atoms with Crippen molar-refractivity contribution in [2.24, 2.45) is 0 Å². The van der Waals surface area contributed by atoms with Crippen molar-refractivity contribution in [3.8, 4) is 5.88 Å². The Morgan fingerprint density at radius 2 is 2.30 bits per heavy atom. The van der Waals surface area contributed by atoms with Crippen LogP contribution in [0.25, 0.3) is 0 Å². The van der Waals surface area contributed by atoms with Gasteiger partial charge in [-0.3, -0.25) is 4.68 Å². The smallest absolute Gasteiger partial charge is 0.230 e. The van der Waals surface area contributed by atoms with E-state index in [1.54, 1.807) is 10.7 Å². The maximum atomic E-state index is 8.96. The van der Waals surface area contributed by atoms with Crippen LogP contribution < -0.4 is 0 Å². The van der Waals surface area contributed by atoms with Gasteiger partial charge in [-0.05, 0) is 13.3 Å². The van der Waals surface area contributed by atoms with Crippen LogP contribution in [-0.4, -0.2) is 14.9 Å². The number of hydrogen-bond donors (Lipinski definition) is 1. The minimum absolute atomic E-state index is 0.124. The average molecular weight is 140 g/mol. The molecular weight excluding hydrogens is 128 g/mol. The molecule has 10 heavy (non-hydrogen) atoms. The molecule has 0 aliphatic carbocycles. The van der Waals surface area contributed by atoms with Crippen molar-refractivity contribution in [1.29, 1.82) is 0 Å². The predicted octanol–water partition coefficient (Wildman–Crippen LogP) is 1.17. The van der Waals surface area contributed by atoms with Gasteiger partial charge >= 0.3 is 0 Å². The van der Waals surface area contributed by atoms with E-state index < -0.39 is 0 Å². The van der Waals surface area contributed by atoms with E-state index in [1.807, 2.05) is 13.8 Å². The summed E-state index contributed by atoms with van der Waals surface area (Å²) in [5, 5.41) is 12.8. The van der Waals surface area contributed by atoms with Gasteiger partial charge in [0.1, 0.15) is 0 Å². The molecule has 0 fully saturated rings. The van der Waals surface area contributed by atoms with Crippen LogP contribution in [0.1, 0.15) is 19.5 Å². The molecule has 0 radical (unpaired) electrons. The molecule has 1 aromatic heterocycles. The molecule has 0 saturated carbocycles. The van der Waals surface area contributed by atoms with E-state index in [0.29, 0.717) is 0 Å². The summed E-state index contributed by atoms with van der Waals surface area (Å²) in [4.78, 5) is 0. The lowest BCUT2D eigenvalue weighted by atomic mass is 10.3.